The minimum atomic E-state index is -3.50. The van der Waals surface area contributed by atoms with Gasteiger partial charge in [-0.05, 0) is 37.5 Å². The van der Waals surface area contributed by atoms with Crippen molar-refractivity contribution in [2.24, 2.45) is 5.73 Å². The van der Waals surface area contributed by atoms with E-state index in [0.29, 0.717) is 17.9 Å². The van der Waals surface area contributed by atoms with Gasteiger partial charge in [0.15, 0.2) is 0 Å². The predicted octanol–water partition coefficient (Wildman–Crippen LogP) is 2.39. The Morgan fingerprint density at radius 3 is 2.15 bits per heavy atom. The monoisotopic (exact) mass is 298 g/mol. The van der Waals surface area contributed by atoms with E-state index in [4.69, 9.17) is 5.73 Å². The normalized spacial score (nSPS) is 15.3. The fourth-order valence-corrected chi connectivity index (χ4v) is 3.64. The van der Waals surface area contributed by atoms with Crippen LogP contribution in [0, 0.1) is 0 Å². The zero-order valence-electron chi connectivity index (χ0n) is 12.9. The Labute approximate surface area is 123 Å². The second kappa shape index (κ2) is 6.70. The molecule has 0 amide bonds. The van der Waals surface area contributed by atoms with Crippen molar-refractivity contribution in [3.8, 4) is 0 Å². The molecular weight excluding hydrogens is 272 g/mol. The molecule has 0 bridgehead atoms. The van der Waals surface area contributed by atoms with Gasteiger partial charge in [0.1, 0.15) is 0 Å². The van der Waals surface area contributed by atoms with Crippen LogP contribution in [0.2, 0.25) is 0 Å². The van der Waals surface area contributed by atoms with Crippen LogP contribution in [0.3, 0.4) is 0 Å². The fraction of sp³-hybridized carbons (Fsp3) is 0.600. The molecule has 0 aliphatic rings. The van der Waals surface area contributed by atoms with Gasteiger partial charge in [0.25, 0.3) is 0 Å². The van der Waals surface area contributed by atoms with Gasteiger partial charge in [0, 0.05) is 19.1 Å². The standard InChI is InChI=1S/C15H26N2O2S/c1-5-7-13-8-10-14(11-9-13)20(18,19)17(4)15(3,6-2)12-16/h8-11H,5-7,12,16H2,1-4H3. The highest BCUT2D eigenvalue weighted by Crippen LogP contribution is 2.25. The van der Waals surface area contributed by atoms with E-state index >= 15 is 0 Å². The second-order valence-electron chi connectivity index (χ2n) is 5.42. The molecule has 1 rings (SSSR count). The second-order valence-corrected chi connectivity index (χ2v) is 7.39. The SMILES string of the molecule is CCCc1ccc(S(=O)(=O)N(C)C(C)(CC)CN)cc1. The maximum absolute atomic E-state index is 12.6. The molecule has 0 saturated heterocycles. The lowest BCUT2D eigenvalue weighted by Gasteiger charge is -2.36. The number of aryl methyl sites for hydroxylation is 1. The summed E-state index contributed by atoms with van der Waals surface area (Å²) in [6.07, 6.45) is 2.69. The van der Waals surface area contributed by atoms with Crippen LogP contribution in [0.15, 0.2) is 29.2 Å². The highest BCUT2D eigenvalue weighted by molar-refractivity contribution is 7.89. The van der Waals surface area contributed by atoms with E-state index in [9.17, 15) is 8.42 Å². The highest BCUT2D eigenvalue weighted by atomic mass is 32.2. The van der Waals surface area contributed by atoms with Crippen LogP contribution in [0.5, 0.6) is 0 Å². The number of nitrogens with two attached hydrogens (primary N) is 1. The molecule has 0 heterocycles. The first kappa shape index (κ1) is 17.1. The van der Waals surface area contributed by atoms with Gasteiger partial charge in [0.2, 0.25) is 10.0 Å². The van der Waals surface area contributed by atoms with Crippen molar-refractivity contribution in [1.29, 1.82) is 0 Å². The molecule has 0 aliphatic carbocycles. The summed E-state index contributed by atoms with van der Waals surface area (Å²) in [5, 5.41) is 0. The summed E-state index contributed by atoms with van der Waals surface area (Å²) < 4.78 is 26.7. The molecular formula is C15H26N2O2S. The van der Waals surface area contributed by atoms with Gasteiger partial charge < -0.3 is 5.73 Å². The van der Waals surface area contributed by atoms with E-state index in [0.717, 1.165) is 18.4 Å². The van der Waals surface area contributed by atoms with Gasteiger partial charge in [-0.2, -0.15) is 4.31 Å². The van der Waals surface area contributed by atoms with Crippen LogP contribution in [-0.2, 0) is 16.4 Å². The Morgan fingerprint density at radius 2 is 1.75 bits per heavy atom. The molecule has 5 heteroatoms. The molecule has 1 aromatic rings. The lowest BCUT2D eigenvalue weighted by molar-refractivity contribution is 0.240. The minimum Gasteiger partial charge on any atom is -0.329 e. The Balaban J connectivity index is 3.10. The number of likely N-dealkylation sites (N-methyl/N-ethyl adjacent to an activating group) is 1. The van der Waals surface area contributed by atoms with Gasteiger partial charge >= 0.3 is 0 Å². The lowest BCUT2D eigenvalue weighted by Crippen LogP contribution is -2.51. The third-order valence-electron chi connectivity index (χ3n) is 4.08. The average molecular weight is 298 g/mol. The molecule has 1 aromatic carbocycles. The van der Waals surface area contributed by atoms with Gasteiger partial charge in [-0.15, -0.1) is 0 Å². The van der Waals surface area contributed by atoms with E-state index in [1.54, 1.807) is 19.2 Å². The van der Waals surface area contributed by atoms with Crippen LogP contribution in [0.1, 0.15) is 39.2 Å². The summed E-state index contributed by atoms with van der Waals surface area (Å²) in [7, 11) is -1.90. The van der Waals surface area contributed by atoms with Crippen molar-refractivity contribution in [2.75, 3.05) is 13.6 Å². The molecule has 1 atom stereocenters. The van der Waals surface area contributed by atoms with E-state index in [1.165, 1.54) is 4.31 Å². The lowest BCUT2D eigenvalue weighted by atomic mass is 10.00. The van der Waals surface area contributed by atoms with Crippen LogP contribution in [0.4, 0.5) is 0 Å². The molecule has 0 aromatic heterocycles. The van der Waals surface area contributed by atoms with E-state index in [2.05, 4.69) is 6.92 Å². The Bertz CT molecular complexity index is 519. The van der Waals surface area contributed by atoms with E-state index < -0.39 is 15.6 Å². The number of hydrogen-bond acceptors (Lipinski definition) is 3. The minimum absolute atomic E-state index is 0.299. The molecule has 20 heavy (non-hydrogen) atoms. The van der Waals surface area contributed by atoms with Crippen LogP contribution < -0.4 is 5.73 Å². The summed E-state index contributed by atoms with van der Waals surface area (Å²) >= 11 is 0. The summed E-state index contributed by atoms with van der Waals surface area (Å²) in [6, 6.07) is 7.14. The quantitative estimate of drug-likeness (QED) is 0.840. The number of rotatable bonds is 7. The molecule has 0 spiro atoms. The van der Waals surface area contributed by atoms with Gasteiger partial charge in [0.05, 0.1) is 4.90 Å². The van der Waals surface area contributed by atoms with Crippen molar-refractivity contribution in [3.05, 3.63) is 29.8 Å². The fourth-order valence-electron chi connectivity index (χ4n) is 2.06. The highest BCUT2D eigenvalue weighted by Gasteiger charge is 2.35. The maximum Gasteiger partial charge on any atom is 0.243 e. The number of nitrogens with zero attached hydrogens (tertiary/aromatic N) is 1. The molecule has 114 valence electrons. The Morgan fingerprint density at radius 1 is 1.20 bits per heavy atom. The Hall–Kier alpha value is -0.910. The third-order valence-corrected chi connectivity index (χ3v) is 6.11. The summed E-state index contributed by atoms with van der Waals surface area (Å²) in [5.41, 5.74) is 6.35. The van der Waals surface area contributed by atoms with Crippen LogP contribution in [-0.4, -0.2) is 31.9 Å². The van der Waals surface area contributed by atoms with Crippen LogP contribution >= 0.6 is 0 Å². The molecule has 0 saturated carbocycles. The topological polar surface area (TPSA) is 63.4 Å². The smallest absolute Gasteiger partial charge is 0.243 e. The van der Waals surface area contributed by atoms with Gasteiger partial charge in [-0.25, -0.2) is 8.42 Å². The molecule has 0 fully saturated rings. The zero-order chi connectivity index (χ0) is 15.4. The molecule has 2 N–H and O–H groups in total. The van der Waals surface area contributed by atoms with Crippen molar-refractivity contribution in [2.45, 2.75) is 50.5 Å². The van der Waals surface area contributed by atoms with Crippen molar-refractivity contribution in [3.63, 3.8) is 0 Å². The first-order valence-electron chi connectivity index (χ1n) is 7.10. The molecule has 0 aliphatic heterocycles. The summed E-state index contributed by atoms with van der Waals surface area (Å²) in [5.74, 6) is 0. The third kappa shape index (κ3) is 3.40. The van der Waals surface area contributed by atoms with E-state index in [-0.39, 0.29) is 0 Å². The van der Waals surface area contributed by atoms with Crippen molar-refractivity contribution < 1.29 is 8.42 Å². The predicted molar refractivity (Wildman–Crippen MR) is 83.1 cm³/mol. The molecule has 1 unspecified atom stereocenters. The summed E-state index contributed by atoms with van der Waals surface area (Å²) in [6.45, 7) is 6.22. The molecule has 4 nitrogen and oxygen atoms in total. The average Bonchev–Trinajstić information content (AvgIpc) is 2.46. The first-order chi connectivity index (χ1) is 9.31. The number of hydrogen-bond donors (Lipinski definition) is 1. The maximum atomic E-state index is 12.6. The van der Waals surface area contributed by atoms with Crippen molar-refractivity contribution >= 4 is 10.0 Å². The van der Waals surface area contributed by atoms with E-state index in [1.807, 2.05) is 26.0 Å². The Kier molecular flexibility index (Phi) is 5.74. The first-order valence-corrected chi connectivity index (χ1v) is 8.54. The molecule has 0 radical (unpaired) electrons. The zero-order valence-corrected chi connectivity index (χ0v) is 13.7. The van der Waals surface area contributed by atoms with Crippen LogP contribution in [0.25, 0.3) is 0 Å². The van der Waals surface area contributed by atoms with Crippen molar-refractivity contribution in [1.82, 2.24) is 4.31 Å². The number of benzene rings is 1. The summed E-state index contributed by atoms with van der Waals surface area (Å²) in [4.78, 5) is 0.327. The van der Waals surface area contributed by atoms with Gasteiger partial charge in [-0.3, -0.25) is 0 Å². The van der Waals surface area contributed by atoms with Gasteiger partial charge in [-0.1, -0.05) is 32.4 Å². The largest absolute Gasteiger partial charge is 0.329 e. The number of sulfonamides is 1.